The minimum Gasteiger partial charge on any atom is -0.337 e. The van der Waals surface area contributed by atoms with Crippen LogP contribution in [0.1, 0.15) is 41.4 Å². The molecule has 5 rings (SSSR count). The number of benzene rings is 2. The third-order valence-electron chi connectivity index (χ3n) is 7.12. The monoisotopic (exact) mass is 414 g/mol. The number of aromatic nitrogens is 1. The Bertz CT molecular complexity index is 1170. The van der Waals surface area contributed by atoms with E-state index in [-0.39, 0.29) is 11.7 Å². The molecule has 0 bridgehead atoms. The summed E-state index contributed by atoms with van der Waals surface area (Å²) in [6, 6.07) is 16.8. The number of allylic oxidation sites excluding steroid dienone is 2. The Hall–Kier alpha value is -3.01. The van der Waals surface area contributed by atoms with E-state index in [9.17, 15) is 9.18 Å². The Morgan fingerprint density at radius 2 is 1.81 bits per heavy atom. The van der Waals surface area contributed by atoms with Crippen molar-refractivity contribution in [1.29, 1.82) is 0 Å². The SMILES string of the molecule is C/C=C(/c1cc(F)ccc1C)C1CC2CN(C(=O)c3ccc4ccccc4n3)CC2C1. The molecule has 2 aliphatic rings. The van der Waals surface area contributed by atoms with Crippen molar-refractivity contribution in [3.05, 3.63) is 83.3 Å². The van der Waals surface area contributed by atoms with E-state index in [1.165, 1.54) is 11.6 Å². The molecule has 1 amide bonds. The second-order valence-electron chi connectivity index (χ2n) is 8.99. The summed E-state index contributed by atoms with van der Waals surface area (Å²) >= 11 is 0. The van der Waals surface area contributed by atoms with E-state index in [0.29, 0.717) is 23.4 Å². The highest BCUT2D eigenvalue weighted by atomic mass is 19.1. The summed E-state index contributed by atoms with van der Waals surface area (Å²) in [5.74, 6) is 1.27. The van der Waals surface area contributed by atoms with Gasteiger partial charge in [0.15, 0.2) is 0 Å². The quantitative estimate of drug-likeness (QED) is 0.536. The number of hydrogen-bond acceptors (Lipinski definition) is 2. The molecule has 1 aliphatic carbocycles. The van der Waals surface area contributed by atoms with Crippen molar-refractivity contribution < 1.29 is 9.18 Å². The number of carbonyl (C=O) groups is 1. The zero-order valence-electron chi connectivity index (χ0n) is 18.0. The summed E-state index contributed by atoms with van der Waals surface area (Å²) < 4.78 is 13.9. The molecule has 2 unspecified atom stereocenters. The van der Waals surface area contributed by atoms with Crippen LogP contribution in [0.3, 0.4) is 0 Å². The van der Waals surface area contributed by atoms with Crippen molar-refractivity contribution in [1.82, 2.24) is 9.88 Å². The van der Waals surface area contributed by atoms with Crippen LogP contribution in [0.2, 0.25) is 0 Å². The Balaban J connectivity index is 1.30. The first kappa shape index (κ1) is 19.9. The van der Waals surface area contributed by atoms with Crippen LogP contribution >= 0.6 is 0 Å². The smallest absolute Gasteiger partial charge is 0.272 e. The van der Waals surface area contributed by atoms with Gasteiger partial charge in [-0.1, -0.05) is 36.4 Å². The molecule has 2 fully saturated rings. The number of rotatable bonds is 3. The van der Waals surface area contributed by atoms with E-state index in [1.807, 2.05) is 54.3 Å². The zero-order valence-corrected chi connectivity index (χ0v) is 18.0. The number of amides is 1. The standard InChI is InChI=1S/C27H27FN2O/c1-3-23(24-14-22(28)10-8-17(24)2)19-12-20-15-30(16-21(20)13-19)27(31)26-11-9-18-6-4-5-7-25(18)29-26/h3-11,14,19-21H,12-13,15-16H2,1-2H3/b23-3+. The van der Waals surface area contributed by atoms with Gasteiger partial charge in [-0.15, -0.1) is 0 Å². The number of para-hydroxylation sites is 1. The Morgan fingerprint density at radius 1 is 1.06 bits per heavy atom. The number of hydrogen-bond donors (Lipinski definition) is 0. The summed E-state index contributed by atoms with van der Waals surface area (Å²) in [6.45, 7) is 5.67. The highest BCUT2D eigenvalue weighted by molar-refractivity contribution is 5.95. The average Bonchev–Trinajstić information content (AvgIpc) is 3.35. The minimum atomic E-state index is -0.183. The second kappa shape index (κ2) is 7.92. The fraction of sp³-hybridized carbons (Fsp3) is 0.333. The van der Waals surface area contributed by atoms with E-state index in [4.69, 9.17) is 0 Å². The molecule has 3 nitrogen and oxygen atoms in total. The number of aryl methyl sites for hydroxylation is 1. The van der Waals surface area contributed by atoms with Crippen molar-refractivity contribution in [2.45, 2.75) is 26.7 Å². The number of likely N-dealkylation sites (tertiary alicyclic amines) is 1. The number of halogens is 1. The van der Waals surface area contributed by atoms with Crippen LogP contribution in [-0.2, 0) is 0 Å². The van der Waals surface area contributed by atoms with Crippen LogP contribution in [0.25, 0.3) is 16.5 Å². The van der Waals surface area contributed by atoms with Crippen LogP contribution in [0.15, 0.2) is 60.7 Å². The molecule has 1 saturated carbocycles. The summed E-state index contributed by atoms with van der Waals surface area (Å²) in [4.78, 5) is 19.7. The molecule has 3 aromatic rings. The second-order valence-corrected chi connectivity index (χ2v) is 8.99. The number of nitrogens with zero attached hydrogens (tertiary/aromatic N) is 2. The molecule has 1 saturated heterocycles. The van der Waals surface area contributed by atoms with Gasteiger partial charge in [0.2, 0.25) is 0 Å². The predicted octanol–water partition coefficient (Wildman–Crippen LogP) is 5.88. The lowest BCUT2D eigenvalue weighted by atomic mass is 9.87. The molecule has 1 aliphatic heterocycles. The van der Waals surface area contributed by atoms with E-state index in [2.05, 4.69) is 18.0 Å². The predicted molar refractivity (Wildman–Crippen MR) is 122 cm³/mol. The molecule has 0 radical (unpaired) electrons. The maximum Gasteiger partial charge on any atom is 0.272 e. The van der Waals surface area contributed by atoms with E-state index in [1.54, 1.807) is 6.07 Å². The molecule has 0 N–H and O–H groups in total. The van der Waals surface area contributed by atoms with Crippen molar-refractivity contribution in [2.75, 3.05) is 13.1 Å². The van der Waals surface area contributed by atoms with Crippen LogP contribution in [0, 0.1) is 30.5 Å². The molecular formula is C27H27FN2O. The molecule has 1 aromatic heterocycles. The van der Waals surface area contributed by atoms with Gasteiger partial charge in [0, 0.05) is 18.5 Å². The lowest BCUT2D eigenvalue weighted by Gasteiger charge is -2.22. The van der Waals surface area contributed by atoms with Crippen molar-refractivity contribution in [3.63, 3.8) is 0 Å². The van der Waals surface area contributed by atoms with Gasteiger partial charge in [-0.3, -0.25) is 4.79 Å². The largest absolute Gasteiger partial charge is 0.337 e. The fourth-order valence-corrected chi connectivity index (χ4v) is 5.58. The molecule has 2 heterocycles. The van der Waals surface area contributed by atoms with Gasteiger partial charge in [-0.2, -0.15) is 0 Å². The molecule has 158 valence electrons. The van der Waals surface area contributed by atoms with Crippen molar-refractivity contribution in [2.24, 2.45) is 17.8 Å². The van der Waals surface area contributed by atoms with E-state index in [0.717, 1.165) is 48.0 Å². The highest BCUT2D eigenvalue weighted by Gasteiger charge is 2.43. The van der Waals surface area contributed by atoms with Gasteiger partial charge >= 0.3 is 0 Å². The van der Waals surface area contributed by atoms with Gasteiger partial charge in [-0.25, -0.2) is 9.37 Å². The van der Waals surface area contributed by atoms with Crippen molar-refractivity contribution in [3.8, 4) is 0 Å². The van der Waals surface area contributed by atoms with Crippen LogP contribution in [-0.4, -0.2) is 28.9 Å². The maximum absolute atomic E-state index is 13.9. The topological polar surface area (TPSA) is 33.2 Å². The van der Waals surface area contributed by atoms with Gasteiger partial charge < -0.3 is 4.90 Å². The Labute approximate surface area is 182 Å². The maximum atomic E-state index is 13.9. The van der Waals surface area contributed by atoms with Gasteiger partial charge in [0.25, 0.3) is 5.91 Å². The van der Waals surface area contributed by atoms with Crippen LogP contribution in [0.5, 0.6) is 0 Å². The molecule has 2 aromatic carbocycles. The highest BCUT2D eigenvalue weighted by Crippen LogP contribution is 2.47. The fourth-order valence-electron chi connectivity index (χ4n) is 5.58. The minimum absolute atomic E-state index is 0.0314. The van der Waals surface area contributed by atoms with Crippen LogP contribution in [0.4, 0.5) is 4.39 Å². The number of fused-ring (bicyclic) bond motifs is 2. The summed E-state index contributed by atoms with van der Waals surface area (Å²) in [7, 11) is 0. The zero-order chi connectivity index (χ0) is 21.5. The average molecular weight is 415 g/mol. The number of carbonyl (C=O) groups excluding carboxylic acids is 1. The molecule has 4 heteroatoms. The van der Waals surface area contributed by atoms with E-state index < -0.39 is 0 Å². The molecule has 0 spiro atoms. The van der Waals surface area contributed by atoms with Gasteiger partial charge in [-0.05, 0) is 85.4 Å². The first-order chi connectivity index (χ1) is 15.0. The lowest BCUT2D eigenvalue weighted by Crippen LogP contribution is -2.30. The first-order valence-electron chi connectivity index (χ1n) is 11.1. The third kappa shape index (κ3) is 3.65. The van der Waals surface area contributed by atoms with Crippen molar-refractivity contribution >= 4 is 22.4 Å². The van der Waals surface area contributed by atoms with Crippen LogP contribution < -0.4 is 0 Å². The normalized spacial score (nSPS) is 23.4. The first-order valence-corrected chi connectivity index (χ1v) is 11.1. The Kier molecular flexibility index (Phi) is 5.09. The lowest BCUT2D eigenvalue weighted by molar-refractivity contribution is 0.0774. The number of pyridine rings is 1. The summed E-state index contributed by atoms with van der Waals surface area (Å²) in [5, 5.41) is 1.05. The molecule has 31 heavy (non-hydrogen) atoms. The molecular weight excluding hydrogens is 387 g/mol. The van der Waals surface area contributed by atoms with E-state index >= 15 is 0 Å². The Morgan fingerprint density at radius 3 is 2.55 bits per heavy atom. The third-order valence-corrected chi connectivity index (χ3v) is 7.12. The summed E-state index contributed by atoms with van der Waals surface area (Å²) in [5.41, 5.74) is 4.78. The van der Waals surface area contributed by atoms with Gasteiger partial charge in [0.1, 0.15) is 11.5 Å². The molecule has 2 atom stereocenters. The summed E-state index contributed by atoms with van der Waals surface area (Å²) in [6.07, 6.45) is 4.25. The van der Waals surface area contributed by atoms with Gasteiger partial charge in [0.05, 0.1) is 5.52 Å².